The third kappa shape index (κ3) is 5.89. The topological polar surface area (TPSA) is 111 Å². The van der Waals surface area contributed by atoms with E-state index in [-0.39, 0.29) is 43.3 Å². The predicted octanol–water partition coefficient (Wildman–Crippen LogP) is 5.26. The van der Waals surface area contributed by atoms with E-state index in [0.717, 1.165) is 27.8 Å². The Balaban J connectivity index is 1.10. The zero-order valence-electron chi connectivity index (χ0n) is 23.1. The lowest BCUT2D eigenvalue weighted by Gasteiger charge is -2.20. The number of hydroxylamine groups is 2. The van der Waals surface area contributed by atoms with Gasteiger partial charge in [-0.15, -0.1) is 0 Å². The summed E-state index contributed by atoms with van der Waals surface area (Å²) in [4.78, 5) is 56.3. The quantitative estimate of drug-likeness (QED) is 0.257. The zero-order valence-corrected chi connectivity index (χ0v) is 23.1. The number of nitrogens with zero attached hydrogens (tertiary/aromatic N) is 1. The maximum Gasteiger partial charge on any atom is 0.407 e. The van der Waals surface area contributed by atoms with Gasteiger partial charge < -0.3 is 19.6 Å². The summed E-state index contributed by atoms with van der Waals surface area (Å²) in [6, 6.07) is 30.8. The predicted molar refractivity (Wildman–Crippen MR) is 156 cm³/mol. The van der Waals surface area contributed by atoms with E-state index in [9.17, 15) is 19.2 Å². The van der Waals surface area contributed by atoms with Crippen molar-refractivity contribution in [2.45, 2.75) is 25.0 Å². The van der Waals surface area contributed by atoms with Crippen LogP contribution in [-0.2, 0) is 25.7 Å². The first-order valence-electron chi connectivity index (χ1n) is 13.9. The van der Waals surface area contributed by atoms with Crippen molar-refractivity contribution in [1.82, 2.24) is 10.4 Å². The minimum absolute atomic E-state index is 0.0453. The van der Waals surface area contributed by atoms with Gasteiger partial charge in [0.1, 0.15) is 6.61 Å². The molecule has 0 fully saturated rings. The Labute approximate surface area is 247 Å². The monoisotopic (exact) mass is 576 g/mol. The van der Waals surface area contributed by atoms with Gasteiger partial charge in [0.25, 0.3) is 11.8 Å². The Hall–Kier alpha value is -5.28. The fraction of sp³-hybridized carbons (Fsp3) is 0.176. The standard InChI is InChI=1S/C34H28N2O7/c37-31(43-36-32(38)28-16-8-9-17-29(28)33(36)39)18-23(20-41-19-22-10-2-1-3-11-22)35-34(40)42-21-30-26-14-6-4-12-24(26)25-13-5-7-15-27(25)30/h1-17,23,30H,18-21H2,(H,35,40)/t23-/m1/s1. The normalized spacial score (nSPS) is 14.1. The van der Waals surface area contributed by atoms with E-state index in [0.29, 0.717) is 5.06 Å². The van der Waals surface area contributed by atoms with Gasteiger partial charge in [0, 0.05) is 5.92 Å². The maximum atomic E-state index is 13.0. The number of nitrogens with one attached hydrogen (secondary N) is 1. The van der Waals surface area contributed by atoms with Crippen molar-refractivity contribution in [2.24, 2.45) is 0 Å². The summed E-state index contributed by atoms with van der Waals surface area (Å²) in [5.41, 5.74) is 5.58. The molecule has 4 aromatic rings. The van der Waals surface area contributed by atoms with Crippen LogP contribution in [0.3, 0.4) is 0 Å². The van der Waals surface area contributed by atoms with E-state index in [1.165, 1.54) is 12.1 Å². The second-order valence-corrected chi connectivity index (χ2v) is 10.3. The molecule has 6 rings (SSSR count). The van der Waals surface area contributed by atoms with Crippen LogP contribution in [0.1, 0.15) is 49.7 Å². The van der Waals surface area contributed by atoms with Crippen molar-refractivity contribution in [2.75, 3.05) is 13.2 Å². The average Bonchev–Trinajstić information content (AvgIpc) is 3.47. The Kier molecular flexibility index (Phi) is 7.97. The van der Waals surface area contributed by atoms with Gasteiger partial charge in [0.05, 0.1) is 36.8 Å². The molecule has 1 heterocycles. The van der Waals surface area contributed by atoms with Crippen LogP contribution in [0.4, 0.5) is 4.79 Å². The SMILES string of the molecule is O=C(C[C@H](COCc1ccccc1)NC(=O)OCC1c2ccccc2-c2ccccc21)ON1C(=O)c2ccccc2C1=O. The fourth-order valence-electron chi connectivity index (χ4n) is 5.44. The maximum absolute atomic E-state index is 13.0. The molecule has 0 bridgehead atoms. The van der Waals surface area contributed by atoms with Gasteiger partial charge in [0.15, 0.2) is 0 Å². The molecule has 0 spiro atoms. The fourth-order valence-corrected chi connectivity index (χ4v) is 5.44. The summed E-state index contributed by atoms with van der Waals surface area (Å²) in [6.45, 7) is 0.296. The lowest BCUT2D eigenvalue weighted by molar-refractivity contribution is -0.169. The van der Waals surface area contributed by atoms with Crippen molar-refractivity contribution < 1.29 is 33.5 Å². The third-order valence-corrected chi connectivity index (χ3v) is 7.46. The number of amides is 3. The minimum Gasteiger partial charge on any atom is -0.449 e. The summed E-state index contributed by atoms with van der Waals surface area (Å²) < 4.78 is 11.4. The first kappa shape index (κ1) is 27.9. The number of benzene rings is 4. The van der Waals surface area contributed by atoms with Crippen LogP contribution in [0, 0.1) is 0 Å². The number of imide groups is 1. The van der Waals surface area contributed by atoms with E-state index < -0.39 is 29.9 Å². The first-order valence-corrected chi connectivity index (χ1v) is 13.9. The minimum atomic E-state index is -0.887. The highest BCUT2D eigenvalue weighted by Crippen LogP contribution is 2.44. The van der Waals surface area contributed by atoms with Crippen LogP contribution in [0.25, 0.3) is 11.1 Å². The second kappa shape index (κ2) is 12.3. The number of carbonyl (C=O) groups excluding carboxylic acids is 4. The molecule has 1 aliphatic carbocycles. The number of hydrogen-bond donors (Lipinski definition) is 1. The van der Waals surface area contributed by atoms with Crippen LogP contribution in [0.2, 0.25) is 0 Å². The molecule has 43 heavy (non-hydrogen) atoms. The van der Waals surface area contributed by atoms with Crippen molar-refractivity contribution in [3.8, 4) is 11.1 Å². The van der Waals surface area contributed by atoms with E-state index in [4.69, 9.17) is 14.3 Å². The Morgan fingerprint density at radius 3 is 1.86 bits per heavy atom. The molecule has 1 N–H and O–H groups in total. The molecule has 9 heteroatoms. The molecule has 9 nitrogen and oxygen atoms in total. The molecule has 3 amide bonds. The number of rotatable bonds is 10. The van der Waals surface area contributed by atoms with Gasteiger partial charge in [-0.2, -0.15) is 0 Å². The smallest absolute Gasteiger partial charge is 0.407 e. The third-order valence-electron chi connectivity index (χ3n) is 7.46. The molecular formula is C34H28N2O7. The van der Waals surface area contributed by atoms with E-state index >= 15 is 0 Å². The van der Waals surface area contributed by atoms with Gasteiger partial charge in [-0.25, -0.2) is 9.59 Å². The van der Waals surface area contributed by atoms with Crippen LogP contribution < -0.4 is 5.32 Å². The Morgan fingerprint density at radius 1 is 0.721 bits per heavy atom. The second-order valence-electron chi connectivity index (χ2n) is 10.3. The highest BCUT2D eigenvalue weighted by molar-refractivity contribution is 6.20. The van der Waals surface area contributed by atoms with Crippen molar-refractivity contribution in [3.63, 3.8) is 0 Å². The number of alkyl carbamates (subject to hydrolysis) is 1. The van der Waals surface area contributed by atoms with Crippen LogP contribution >= 0.6 is 0 Å². The molecule has 4 aromatic carbocycles. The molecule has 216 valence electrons. The van der Waals surface area contributed by atoms with E-state index in [1.54, 1.807) is 12.1 Å². The Morgan fingerprint density at radius 2 is 1.26 bits per heavy atom. The van der Waals surface area contributed by atoms with Crippen molar-refractivity contribution in [1.29, 1.82) is 0 Å². The summed E-state index contributed by atoms with van der Waals surface area (Å²) in [5, 5.41) is 3.14. The molecule has 2 aliphatic rings. The molecule has 0 unspecified atom stereocenters. The lowest BCUT2D eigenvalue weighted by Crippen LogP contribution is -2.42. The summed E-state index contributed by atoms with van der Waals surface area (Å²) in [5.74, 6) is -2.47. The summed E-state index contributed by atoms with van der Waals surface area (Å²) in [7, 11) is 0. The highest BCUT2D eigenvalue weighted by atomic mass is 16.7. The van der Waals surface area contributed by atoms with Gasteiger partial charge in [-0.1, -0.05) is 96.1 Å². The largest absolute Gasteiger partial charge is 0.449 e. The lowest BCUT2D eigenvalue weighted by atomic mass is 9.98. The molecule has 0 aromatic heterocycles. The van der Waals surface area contributed by atoms with Crippen molar-refractivity contribution >= 4 is 23.9 Å². The van der Waals surface area contributed by atoms with Crippen LogP contribution in [0.15, 0.2) is 103 Å². The molecule has 0 saturated carbocycles. The number of fused-ring (bicyclic) bond motifs is 4. The molecule has 0 radical (unpaired) electrons. The van der Waals surface area contributed by atoms with Gasteiger partial charge in [0.2, 0.25) is 0 Å². The first-order chi connectivity index (χ1) is 21.0. The van der Waals surface area contributed by atoms with Gasteiger partial charge in [-0.05, 0) is 39.9 Å². The highest BCUT2D eigenvalue weighted by Gasteiger charge is 2.39. The van der Waals surface area contributed by atoms with Crippen LogP contribution in [0.5, 0.6) is 0 Å². The van der Waals surface area contributed by atoms with E-state index in [2.05, 4.69) is 5.32 Å². The van der Waals surface area contributed by atoms with Crippen molar-refractivity contribution in [3.05, 3.63) is 131 Å². The van der Waals surface area contributed by atoms with E-state index in [1.807, 2.05) is 78.9 Å². The van der Waals surface area contributed by atoms with Gasteiger partial charge in [-0.3, -0.25) is 9.59 Å². The molecular weight excluding hydrogens is 548 g/mol. The number of hydrogen-bond acceptors (Lipinski definition) is 7. The summed E-state index contributed by atoms with van der Waals surface area (Å²) >= 11 is 0. The van der Waals surface area contributed by atoms with Crippen LogP contribution in [-0.4, -0.2) is 48.2 Å². The number of ether oxygens (including phenoxy) is 2. The Bertz CT molecular complexity index is 1610. The number of carbonyl (C=O) groups is 4. The van der Waals surface area contributed by atoms with Gasteiger partial charge >= 0.3 is 12.1 Å². The average molecular weight is 577 g/mol. The zero-order chi connectivity index (χ0) is 29.8. The molecule has 1 atom stereocenters. The molecule has 1 aliphatic heterocycles. The molecule has 0 saturated heterocycles. The summed E-state index contributed by atoms with van der Waals surface area (Å²) in [6.07, 6.45) is -1.10.